The summed E-state index contributed by atoms with van der Waals surface area (Å²) in [6.07, 6.45) is 0.721. The third-order valence-electron chi connectivity index (χ3n) is 3.67. The molecule has 6 nitrogen and oxygen atoms in total. The number of esters is 1. The van der Waals surface area contributed by atoms with Crippen LogP contribution in [0.5, 0.6) is 17.2 Å². The van der Waals surface area contributed by atoms with Crippen LogP contribution >= 0.6 is 0 Å². The Hall–Kier alpha value is -3.02. The van der Waals surface area contributed by atoms with Crippen LogP contribution in [0.1, 0.15) is 27.6 Å². The van der Waals surface area contributed by atoms with Crippen molar-refractivity contribution in [3.63, 3.8) is 0 Å². The van der Waals surface area contributed by atoms with Gasteiger partial charge in [-0.15, -0.1) is 0 Å². The van der Waals surface area contributed by atoms with Gasteiger partial charge in [0.15, 0.2) is 17.8 Å². The molecule has 2 aromatic rings. The molecule has 0 bridgehead atoms. The van der Waals surface area contributed by atoms with Gasteiger partial charge in [0.2, 0.25) is 5.75 Å². The molecule has 6 heteroatoms. The molecule has 0 aromatic heterocycles. The molecule has 0 amide bonds. The molecular weight excluding hydrogens is 324 g/mol. The average Bonchev–Trinajstić information content (AvgIpc) is 2.66. The van der Waals surface area contributed by atoms with Gasteiger partial charge >= 0.3 is 5.97 Å². The SMILES string of the molecule is CCOC(=O)c1ccc(-c2c(C=O)cc(OC)c(OC)c2OC)cc1. The molecule has 0 atom stereocenters. The summed E-state index contributed by atoms with van der Waals surface area (Å²) in [5, 5.41) is 0. The summed E-state index contributed by atoms with van der Waals surface area (Å²) in [5.41, 5.74) is 2.08. The molecule has 0 unspecified atom stereocenters. The molecule has 2 aromatic carbocycles. The normalized spacial score (nSPS) is 10.1. The van der Waals surface area contributed by atoms with Gasteiger partial charge in [-0.25, -0.2) is 4.79 Å². The number of carbonyl (C=O) groups excluding carboxylic acids is 2. The highest BCUT2D eigenvalue weighted by Crippen LogP contribution is 2.46. The van der Waals surface area contributed by atoms with Gasteiger partial charge in [-0.2, -0.15) is 0 Å². The van der Waals surface area contributed by atoms with Crippen molar-refractivity contribution in [3.05, 3.63) is 41.5 Å². The molecule has 132 valence electrons. The summed E-state index contributed by atoms with van der Waals surface area (Å²) >= 11 is 0. The van der Waals surface area contributed by atoms with Crippen molar-refractivity contribution in [2.75, 3.05) is 27.9 Å². The molecule has 25 heavy (non-hydrogen) atoms. The number of aldehydes is 1. The number of methoxy groups -OCH3 is 3. The second-order valence-electron chi connectivity index (χ2n) is 5.03. The number of benzene rings is 2. The Kier molecular flexibility index (Phi) is 6.00. The van der Waals surface area contributed by atoms with Crippen molar-refractivity contribution < 1.29 is 28.5 Å². The van der Waals surface area contributed by atoms with Crippen molar-refractivity contribution in [2.24, 2.45) is 0 Å². The Morgan fingerprint density at radius 1 is 1.00 bits per heavy atom. The van der Waals surface area contributed by atoms with Crippen LogP contribution in [-0.2, 0) is 4.74 Å². The van der Waals surface area contributed by atoms with E-state index in [1.165, 1.54) is 21.3 Å². The van der Waals surface area contributed by atoms with E-state index in [1.807, 2.05) is 0 Å². The van der Waals surface area contributed by atoms with Gasteiger partial charge in [0.25, 0.3) is 0 Å². The molecule has 0 aliphatic carbocycles. The molecule has 0 radical (unpaired) electrons. The maximum Gasteiger partial charge on any atom is 0.338 e. The molecule has 0 aliphatic heterocycles. The zero-order valence-electron chi connectivity index (χ0n) is 14.6. The topological polar surface area (TPSA) is 71.1 Å². The lowest BCUT2D eigenvalue weighted by Crippen LogP contribution is -2.04. The first-order valence-electron chi connectivity index (χ1n) is 7.66. The van der Waals surface area contributed by atoms with E-state index in [9.17, 15) is 9.59 Å². The Bertz CT molecular complexity index is 764. The van der Waals surface area contributed by atoms with E-state index in [-0.39, 0.29) is 0 Å². The molecular formula is C19H20O6. The van der Waals surface area contributed by atoms with E-state index in [0.717, 1.165) is 6.29 Å². The number of rotatable bonds is 7. The van der Waals surface area contributed by atoms with Gasteiger partial charge in [-0.3, -0.25) is 4.79 Å². The van der Waals surface area contributed by atoms with Crippen LogP contribution in [0.25, 0.3) is 11.1 Å². The third kappa shape index (κ3) is 3.57. The van der Waals surface area contributed by atoms with Crippen molar-refractivity contribution in [1.82, 2.24) is 0 Å². The predicted octanol–water partition coefficient (Wildman–Crippen LogP) is 3.37. The fraction of sp³-hybridized carbons (Fsp3) is 0.263. The number of carbonyl (C=O) groups is 2. The first-order valence-corrected chi connectivity index (χ1v) is 7.66. The fourth-order valence-corrected chi connectivity index (χ4v) is 2.55. The quantitative estimate of drug-likeness (QED) is 0.566. The Morgan fingerprint density at radius 2 is 1.64 bits per heavy atom. The van der Waals surface area contributed by atoms with Crippen LogP contribution in [0.4, 0.5) is 0 Å². The Balaban J connectivity index is 2.61. The fourth-order valence-electron chi connectivity index (χ4n) is 2.55. The lowest BCUT2D eigenvalue weighted by molar-refractivity contribution is 0.0526. The smallest absolute Gasteiger partial charge is 0.338 e. The van der Waals surface area contributed by atoms with E-state index < -0.39 is 5.97 Å². The van der Waals surface area contributed by atoms with E-state index in [0.29, 0.717) is 46.1 Å². The second-order valence-corrected chi connectivity index (χ2v) is 5.03. The van der Waals surface area contributed by atoms with Crippen LogP contribution < -0.4 is 14.2 Å². The van der Waals surface area contributed by atoms with Crippen LogP contribution in [0.3, 0.4) is 0 Å². The highest BCUT2D eigenvalue weighted by Gasteiger charge is 2.22. The Morgan fingerprint density at radius 3 is 2.12 bits per heavy atom. The largest absolute Gasteiger partial charge is 0.493 e. The van der Waals surface area contributed by atoms with Crippen LogP contribution in [-0.4, -0.2) is 40.2 Å². The minimum atomic E-state index is -0.399. The molecule has 0 aliphatic rings. The lowest BCUT2D eigenvalue weighted by atomic mass is 9.97. The minimum Gasteiger partial charge on any atom is -0.493 e. The molecule has 2 rings (SSSR count). The van der Waals surface area contributed by atoms with Crippen LogP contribution in [0, 0.1) is 0 Å². The van der Waals surface area contributed by atoms with Gasteiger partial charge < -0.3 is 18.9 Å². The zero-order valence-corrected chi connectivity index (χ0v) is 14.6. The highest BCUT2D eigenvalue weighted by molar-refractivity contribution is 5.95. The van der Waals surface area contributed by atoms with Crippen LogP contribution in [0.15, 0.2) is 30.3 Å². The highest BCUT2D eigenvalue weighted by atomic mass is 16.5. The van der Waals surface area contributed by atoms with Crippen molar-refractivity contribution >= 4 is 12.3 Å². The second kappa shape index (κ2) is 8.19. The van der Waals surface area contributed by atoms with Gasteiger partial charge in [0.05, 0.1) is 33.5 Å². The molecule has 0 fully saturated rings. The summed E-state index contributed by atoms with van der Waals surface area (Å²) < 4.78 is 21.1. The Labute approximate surface area is 146 Å². The van der Waals surface area contributed by atoms with Crippen LogP contribution in [0.2, 0.25) is 0 Å². The monoisotopic (exact) mass is 344 g/mol. The van der Waals surface area contributed by atoms with Gasteiger partial charge in [0.1, 0.15) is 0 Å². The predicted molar refractivity (Wildman–Crippen MR) is 92.9 cm³/mol. The number of hydrogen-bond acceptors (Lipinski definition) is 6. The molecule has 0 N–H and O–H groups in total. The average molecular weight is 344 g/mol. The lowest BCUT2D eigenvalue weighted by Gasteiger charge is -2.18. The minimum absolute atomic E-state index is 0.305. The van der Waals surface area contributed by atoms with Crippen molar-refractivity contribution in [1.29, 1.82) is 0 Å². The molecule has 0 saturated heterocycles. The van der Waals surface area contributed by atoms with Gasteiger partial charge in [-0.1, -0.05) is 12.1 Å². The summed E-state index contributed by atoms with van der Waals surface area (Å²) in [6.45, 7) is 2.05. The zero-order chi connectivity index (χ0) is 18.4. The molecule has 0 spiro atoms. The maximum atomic E-state index is 11.8. The van der Waals surface area contributed by atoms with Crippen molar-refractivity contribution in [2.45, 2.75) is 6.92 Å². The van der Waals surface area contributed by atoms with Gasteiger partial charge in [0, 0.05) is 11.1 Å². The molecule has 0 heterocycles. The number of hydrogen-bond donors (Lipinski definition) is 0. The summed E-state index contributed by atoms with van der Waals surface area (Å²) in [4.78, 5) is 23.4. The summed E-state index contributed by atoms with van der Waals surface area (Å²) in [5.74, 6) is 0.769. The maximum absolute atomic E-state index is 11.8. The number of ether oxygens (including phenoxy) is 4. The summed E-state index contributed by atoms with van der Waals surface area (Å²) in [7, 11) is 4.47. The van der Waals surface area contributed by atoms with E-state index in [2.05, 4.69) is 0 Å². The van der Waals surface area contributed by atoms with Crippen molar-refractivity contribution in [3.8, 4) is 28.4 Å². The standard InChI is InChI=1S/C19H20O6/c1-5-25-19(21)13-8-6-12(7-9-13)16-14(11-20)10-15(22-2)17(23-3)18(16)24-4/h6-11H,5H2,1-4H3. The summed E-state index contributed by atoms with van der Waals surface area (Å²) in [6, 6.07) is 8.31. The van der Waals surface area contributed by atoms with E-state index in [1.54, 1.807) is 37.3 Å². The van der Waals surface area contributed by atoms with Gasteiger partial charge in [-0.05, 0) is 30.7 Å². The molecule has 0 saturated carbocycles. The van der Waals surface area contributed by atoms with E-state index in [4.69, 9.17) is 18.9 Å². The first-order chi connectivity index (χ1) is 12.1. The third-order valence-corrected chi connectivity index (χ3v) is 3.67. The van der Waals surface area contributed by atoms with E-state index >= 15 is 0 Å². The first kappa shape index (κ1) is 18.3.